The van der Waals surface area contributed by atoms with Gasteiger partial charge in [0.1, 0.15) is 0 Å². The van der Waals surface area contributed by atoms with Gasteiger partial charge < -0.3 is 10.2 Å². The van der Waals surface area contributed by atoms with Gasteiger partial charge in [-0.15, -0.1) is 0 Å². The molecule has 110 valence electrons. The first-order valence-corrected chi connectivity index (χ1v) is 7.93. The first kappa shape index (κ1) is 13.8. The van der Waals surface area contributed by atoms with Gasteiger partial charge in [-0.25, -0.2) is 9.37 Å². The smallest absolute Gasteiger partial charge is 0.170 e. The Hall–Kier alpha value is -1.16. The van der Waals surface area contributed by atoms with Crippen molar-refractivity contribution in [2.24, 2.45) is 0 Å². The minimum atomic E-state index is -0.130. The van der Waals surface area contributed by atoms with Gasteiger partial charge in [-0.05, 0) is 38.7 Å². The molecule has 2 aliphatic rings. The van der Waals surface area contributed by atoms with Gasteiger partial charge in [0.25, 0.3) is 0 Å². The largest absolute Gasteiger partial charge is 0.351 e. The number of hydrogen-bond donors (Lipinski definition) is 1. The second-order valence-corrected chi connectivity index (χ2v) is 5.99. The average molecular weight is 277 g/mol. The first-order chi connectivity index (χ1) is 9.79. The maximum Gasteiger partial charge on any atom is 0.170 e. The van der Waals surface area contributed by atoms with Gasteiger partial charge in [0.2, 0.25) is 0 Å². The molecule has 3 nitrogen and oxygen atoms in total. The number of rotatable bonds is 6. The van der Waals surface area contributed by atoms with Crippen molar-refractivity contribution in [1.82, 2.24) is 10.3 Å². The van der Waals surface area contributed by atoms with Crippen molar-refractivity contribution >= 4 is 5.82 Å². The van der Waals surface area contributed by atoms with Crippen LogP contribution in [0.1, 0.15) is 51.0 Å². The van der Waals surface area contributed by atoms with E-state index in [1.54, 1.807) is 12.3 Å². The molecule has 20 heavy (non-hydrogen) atoms. The molecule has 0 unspecified atom stereocenters. The molecule has 0 radical (unpaired) electrons. The summed E-state index contributed by atoms with van der Waals surface area (Å²) >= 11 is 0. The SMILES string of the molecule is CCN(c1nccc(CNC2CC2)c1F)C1CCCC1. The summed E-state index contributed by atoms with van der Waals surface area (Å²) in [6.07, 6.45) is 9.04. The van der Waals surface area contributed by atoms with E-state index in [1.807, 2.05) is 0 Å². The number of halogens is 1. The van der Waals surface area contributed by atoms with E-state index in [4.69, 9.17) is 0 Å². The van der Waals surface area contributed by atoms with E-state index in [0.29, 0.717) is 24.4 Å². The fraction of sp³-hybridized carbons (Fsp3) is 0.688. The fourth-order valence-electron chi connectivity index (χ4n) is 3.15. The van der Waals surface area contributed by atoms with Gasteiger partial charge in [0.05, 0.1) is 0 Å². The number of hydrogen-bond acceptors (Lipinski definition) is 3. The van der Waals surface area contributed by atoms with Gasteiger partial charge in [-0.2, -0.15) is 0 Å². The highest BCUT2D eigenvalue weighted by Gasteiger charge is 2.26. The van der Waals surface area contributed by atoms with Crippen LogP contribution in [-0.2, 0) is 6.54 Å². The monoisotopic (exact) mass is 277 g/mol. The van der Waals surface area contributed by atoms with Gasteiger partial charge in [-0.3, -0.25) is 0 Å². The Morgan fingerprint density at radius 2 is 2.05 bits per heavy atom. The minimum absolute atomic E-state index is 0.130. The molecule has 0 saturated heterocycles. The normalized spacial score (nSPS) is 19.5. The van der Waals surface area contributed by atoms with E-state index in [2.05, 4.69) is 22.1 Å². The van der Waals surface area contributed by atoms with E-state index in [-0.39, 0.29) is 5.82 Å². The molecule has 0 bridgehead atoms. The van der Waals surface area contributed by atoms with E-state index in [1.165, 1.54) is 38.5 Å². The Morgan fingerprint density at radius 1 is 1.30 bits per heavy atom. The van der Waals surface area contributed by atoms with Crippen LogP contribution in [0.4, 0.5) is 10.2 Å². The third-order valence-electron chi connectivity index (χ3n) is 4.49. The van der Waals surface area contributed by atoms with Crippen molar-refractivity contribution in [3.05, 3.63) is 23.6 Å². The molecule has 2 fully saturated rings. The zero-order valence-electron chi connectivity index (χ0n) is 12.2. The molecule has 1 heterocycles. The molecular weight excluding hydrogens is 253 g/mol. The maximum atomic E-state index is 14.7. The number of nitrogens with one attached hydrogen (secondary N) is 1. The summed E-state index contributed by atoms with van der Waals surface area (Å²) in [5.41, 5.74) is 0.748. The Morgan fingerprint density at radius 3 is 2.70 bits per heavy atom. The lowest BCUT2D eigenvalue weighted by Gasteiger charge is -2.29. The predicted molar refractivity (Wildman–Crippen MR) is 79.3 cm³/mol. The molecule has 0 atom stereocenters. The van der Waals surface area contributed by atoms with Crippen molar-refractivity contribution in [3.63, 3.8) is 0 Å². The molecule has 2 aliphatic carbocycles. The molecule has 0 amide bonds. The summed E-state index contributed by atoms with van der Waals surface area (Å²) in [6.45, 7) is 3.54. The van der Waals surface area contributed by atoms with Crippen LogP contribution in [0.5, 0.6) is 0 Å². The van der Waals surface area contributed by atoms with Crippen LogP contribution in [-0.4, -0.2) is 23.6 Å². The lowest BCUT2D eigenvalue weighted by atomic mass is 10.1. The van der Waals surface area contributed by atoms with Crippen LogP contribution < -0.4 is 10.2 Å². The van der Waals surface area contributed by atoms with Crippen molar-refractivity contribution in [1.29, 1.82) is 0 Å². The summed E-state index contributed by atoms with van der Waals surface area (Å²) in [7, 11) is 0. The highest BCUT2D eigenvalue weighted by Crippen LogP contribution is 2.29. The lowest BCUT2D eigenvalue weighted by Crippen LogP contribution is -2.34. The zero-order valence-corrected chi connectivity index (χ0v) is 12.2. The van der Waals surface area contributed by atoms with Crippen LogP contribution >= 0.6 is 0 Å². The minimum Gasteiger partial charge on any atom is -0.351 e. The summed E-state index contributed by atoms with van der Waals surface area (Å²) in [4.78, 5) is 6.48. The van der Waals surface area contributed by atoms with Crippen LogP contribution in [0.2, 0.25) is 0 Å². The second kappa shape index (κ2) is 6.08. The van der Waals surface area contributed by atoms with Crippen LogP contribution in [0, 0.1) is 5.82 Å². The Balaban J connectivity index is 1.77. The van der Waals surface area contributed by atoms with E-state index in [9.17, 15) is 4.39 Å². The Bertz CT molecular complexity index is 453. The first-order valence-electron chi connectivity index (χ1n) is 7.93. The number of anilines is 1. The van der Waals surface area contributed by atoms with Crippen molar-refractivity contribution in [2.75, 3.05) is 11.4 Å². The van der Waals surface area contributed by atoms with Crippen LogP contribution in [0.3, 0.4) is 0 Å². The number of nitrogens with zero attached hydrogens (tertiary/aromatic N) is 2. The van der Waals surface area contributed by atoms with Gasteiger partial charge in [-0.1, -0.05) is 12.8 Å². The third kappa shape index (κ3) is 2.95. The molecule has 0 spiro atoms. The van der Waals surface area contributed by atoms with Crippen LogP contribution in [0.15, 0.2) is 12.3 Å². The molecule has 1 N–H and O–H groups in total. The second-order valence-electron chi connectivity index (χ2n) is 5.99. The average Bonchev–Trinajstić information content (AvgIpc) is 3.14. The molecule has 2 saturated carbocycles. The molecule has 0 aromatic carbocycles. The molecule has 1 aromatic heterocycles. The van der Waals surface area contributed by atoms with E-state index in [0.717, 1.165) is 12.1 Å². The molecule has 4 heteroatoms. The van der Waals surface area contributed by atoms with Crippen molar-refractivity contribution < 1.29 is 4.39 Å². The summed E-state index contributed by atoms with van der Waals surface area (Å²) in [5, 5.41) is 3.38. The summed E-state index contributed by atoms with van der Waals surface area (Å²) in [6, 6.07) is 2.87. The molecule has 1 aromatic rings. The topological polar surface area (TPSA) is 28.2 Å². The quantitative estimate of drug-likeness (QED) is 0.865. The maximum absolute atomic E-state index is 14.7. The van der Waals surface area contributed by atoms with Crippen molar-refractivity contribution in [2.45, 2.75) is 64.1 Å². The Labute approximate surface area is 120 Å². The summed E-state index contributed by atoms with van der Waals surface area (Å²) < 4.78 is 14.7. The van der Waals surface area contributed by atoms with E-state index < -0.39 is 0 Å². The highest BCUT2D eigenvalue weighted by atomic mass is 19.1. The van der Waals surface area contributed by atoms with E-state index >= 15 is 0 Å². The fourth-order valence-corrected chi connectivity index (χ4v) is 3.15. The van der Waals surface area contributed by atoms with Crippen molar-refractivity contribution in [3.8, 4) is 0 Å². The zero-order chi connectivity index (χ0) is 13.9. The highest BCUT2D eigenvalue weighted by molar-refractivity contribution is 5.44. The third-order valence-corrected chi connectivity index (χ3v) is 4.49. The van der Waals surface area contributed by atoms with Gasteiger partial charge >= 0.3 is 0 Å². The lowest BCUT2D eigenvalue weighted by molar-refractivity contribution is 0.550. The molecular formula is C16H24FN3. The number of aromatic nitrogens is 1. The predicted octanol–water partition coefficient (Wildman–Crippen LogP) is 3.24. The van der Waals surface area contributed by atoms with Gasteiger partial charge in [0.15, 0.2) is 11.6 Å². The van der Waals surface area contributed by atoms with Gasteiger partial charge in [0, 0.05) is 36.9 Å². The molecule has 3 rings (SSSR count). The van der Waals surface area contributed by atoms with Crippen LogP contribution in [0.25, 0.3) is 0 Å². The number of pyridine rings is 1. The standard InChI is InChI=1S/C16H24FN3/c1-2-20(14-5-3-4-6-14)16-15(17)12(9-10-18-16)11-19-13-7-8-13/h9-10,13-14,19H,2-8,11H2,1H3. The molecule has 0 aliphatic heterocycles. The Kier molecular flexibility index (Phi) is 4.20. The summed E-state index contributed by atoms with van der Waals surface area (Å²) in [5.74, 6) is 0.420.